The molecule has 2 saturated heterocycles. The van der Waals surface area contributed by atoms with Gasteiger partial charge in [-0.15, -0.1) is 0 Å². The van der Waals surface area contributed by atoms with Crippen LogP contribution in [0.4, 0.5) is 5.69 Å². The van der Waals surface area contributed by atoms with Crippen LogP contribution in [-0.2, 0) is 16.1 Å². The first kappa shape index (κ1) is 25.0. The molecule has 2 unspecified atom stereocenters. The molecule has 12 heteroatoms. The number of nitrogens with one attached hydrogen (secondary N) is 3. The molecule has 3 N–H and O–H groups in total. The maximum atomic E-state index is 13.9. The third-order valence-corrected chi connectivity index (χ3v) is 7.79. The second-order valence-electron chi connectivity index (χ2n) is 9.61. The van der Waals surface area contributed by atoms with Gasteiger partial charge in [0.2, 0.25) is 12.7 Å². The molecule has 0 aliphatic carbocycles. The molecule has 1 amide bonds. The smallest absolute Gasteiger partial charge is 0.262 e. The molecule has 3 aliphatic rings. The highest BCUT2D eigenvalue weighted by Gasteiger charge is 2.23. The summed E-state index contributed by atoms with van der Waals surface area (Å²) < 4.78 is 18.1. The number of nitrogens with zero attached hydrogens (tertiary/aromatic N) is 3. The van der Waals surface area contributed by atoms with Crippen LogP contribution < -0.4 is 36.1 Å². The zero-order valence-electron chi connectivity index (χ0n) is 21.1. The van der Waals surface area contributed by atoms with Crippen molar-refractivity contribution in [3.05, 3.63) is 52.3 Å². The van der Waals surface area contributed by atoms with Crippen molar-refractivity contribution in [2.45, 2.75) is 37.3 Å². The lowest BCUT2D eigenvalue weighted by Gasteiger charge is -2.29. The number of benzene rings is 2. The van der Waals surface area contributed by atoms with E-state index in [1.165, 1.54) is 11.8 Å². The lowest BCUT2D eigenvalue weighted by molar-refractivity contribution is -0.119. The molecular weight excluding hydrogens is 508 g/mol. The van der Waals surface area contributed by atoms with Crippen LogP contribution in [0.5, 0.6) is 11.5 Å². The van der Waals surface area contributed by atoms with Crippen molar-refractivity contribution in [3.63, 3.8) is 0 Å². The Labute approximate surface area is 223 Å². The van der Waals surface area contributed by atoms with Gasteiger partial charge >= 0.3 is 0 Å². The lowest BCUT2D eigenvalue weighted by atomic mass is 10.1. The van der Waals surface area contributed by atoms with Gasteiger partial charge in [0.05, 0.1) is 42.6 Å². The molecule has 38 heavy (non-hydrogen) atoms. The van der Waals surface area contributed by atoms with Gasteiger partial charge in [-0.1, -0.05) is 17.8 Å². The van der Waals surface area contributed by atoms with Gasteiger partial charge < -0.3 is 24.4 Å². The number of amides is 1. The lowest BCUT2D eigenvalue weighted by Crippen LogP contribution is -2.45. The van der Waals surface area contributed by atoms with Crippen molar-refractivity contribution in [1.29, 1.82) is 0 Å². The van der Waals surface area contributed by atoms with Gasteiger partial charge in [0.1, 0.15) is 0 Å². The van der Waals surface area contributed by atoms with Crippen LogP contribution in [0.15, 0.2) is 46.3 Å². The van der Waals surface area contributed by atoms with E-state index in [0.717, 1.165) is 30.8 Å². The Morgan fingerprint density at radius 1 is 1.13 bits per heavy atom. The number of rotatable bonds is 7. The number of morpholine rings is 1. The van der Waals surface area contributed by atoms with Gasteiger partial charge in [-0.3, -0.25) is 19.6 Å². The molecule has 0 radical (unpaired) electrons. The summed E-state index contributed by atoms with van der Waals surface area (Å²) in [6.07, 6.45) is 0.669. The van der Waals surface area contributed by atoms with Crippen LogP contribution >= 0.6 is 11.8 Å². The van der Waals surface area contributed by atoms with Crippen LogP contribution in [0.3, 0.4) is 0 Å². The highest BCUT2D eigenvalue weighted by Crippen LogP contribution is 2.33. The van der Waals surface area contributed by atoms with E-state index in [4.69, 9.17) is 19.2 Å². The van der Waals surface area contributed by atoms with Crippen LogP contribution in [-0.4, -0.2) is 66.5 Å². The summed E-state index contributed by atoms with van der Waals surface area (Å²) in [6.45, 7) is 5.39. The van der Waals surface area contributed by atoms with Gasteiger partial charge in [-0.25, -0.2) is 10.4 Å². The number of ether oxygens (including phenoxy) is 3. The number of aromatic nitrogens is 2. The van der Waals surface area contributed by atoms with Crippen LogP contribution in [0.1, 0.15) is 18.9 Å². The summed E-state index contributed by atoms with van der Waals surface area (Å²) in [5.74, 6) is 1.34. The van der Waals surface area contributed by atoms with Gasteiger partial charge in [0, 0.05) is 24.8 Å². The number of hydrogen-bond acceptors (Lipinski definition) is 10. The van der Waals surface area contributed by atoms with Crippen LogP contribution in [0.25, 0.3) is 10.9 Å². The highest BCUT2D eigenvalue weighted by molar-refractivity contribution is 7.99. The van der Waals surface area contributed by atoms with Crippen molar-refractivity contribution in [2.75, 3.05) is 43.7 Å². The average Bonchev–Trinajstić information content (AvgIpc) is 3.57. The fourth-order valence-corrected chi connectivity index (χ4v) is 5.66. The van der Waals surface area contributed by atoms with Gasteiger partial charge in [-0.2, -0.15) is 0 Å². The van der Waals surface area contributed by atoms with E-state index in [2.05, 4.69) is 21.1 Å². The van der Waals surface area contributed by atoms with Crippen molar-refractivity contribution >= 4 is 34.3 Å². The fraction of sp³-hybridized carbons (Fsp3) is 0.423. The highest BCUT2D eigenvalue weighted by atomic mass is 32.2. The Kier molecular flexibility index (Phi) is 7.11. The molecule has 2 fully saturated rings. The third-order valence-electron chi connectivity index (χ3n) is 6.82. The standard InChI is InChI=1S/C26H30N6O5S/c1-16-10-23(30-29-16)28-24(33)14-38-26-27-20-4-3-18(31-6-8-35-9-7-31)12-19(20)25(34)32(26)13-17-2-5-21-22(11-17)37-15-36-21/h2-5,11-12,16,23,29-30H,6-10,13-15H2,1H3,(H,28,33). The molecule has 11 nitrogen and oxygen atoms in total. The molecule has 3 aromatic rings. The normalized spacial score (nSPS) is 20.7. The van der Waals surface area contributed by atoms with E-state index in [9.17, 15) is 9.59 Å². The predicted molar refractivity (Wildman–Crippen MR) is 144 cm³/mol. The Bertz CT molecular complexity index is 1410. The van der Waals surface area contributed by atoms with E-state index in [-0.39, 0.29) is 42.8 Å². The second-order valence-corrected chi connectivity index (χ2v) is 10.6. The summed E-state index contributed by atoms with van der Waals surface area (Å²) in [5, 5.41) is 4.00. The molecule has 0 bridgehead atoms. The average molecular weight is 539 g/mol. The molecule has 4 heterocycles. The molecule has 2 aromatic carbocycles. The number of anilines is 1. The monoisotopic (exact) mass is 538 g/mol. The van der Waals surface area contributed by atoms with Crippen LogP contribution in [0, 0.1) is 0 Å². The van der Waals surface area contributed by atoms with Crippen molar-refractivity contribution in [2.24, 2.45) is 0 Å². The van der Waals surface area contributed by atoms with Gasteiger partial charge in [-0.05, 0) is 49.2 Å². The Morgan fingerprint density at radius 3 is 2.79 bits per heavy atom. The number of carbonyl (C=O) groups is 1. The van der Waals surface area contributed by atoms with E-state index in [1.54, 1.807) is 4.57 Å². The molecular formula is C26H30N6O5S. The first-order valence-electron chi connectivity index (χ1n) is 12.7. The zero-order chi connectivity index (χ0) is 26.1. The van der Waals surface area contributed by atoms with Gasteiger partial charge in [0.25, 0.3) is 5.56 Å². The summed E-state index contributed by atoms with van der Waals surface area (Å²) in [5.41, 5.74) is 8.47. The fourth-order valence-electron chi connectivity index (χ4n) is 4.85. The number of hydrogen-bond donors (Lipinski definition) is 3. The van der Waals surface area contributed by atoms with Crippen LogP contribution in [0.2, 0.25) is 0 Å². The maximum absolute atomic E-state index is 13.9. The number of thioether (sulfide) groups is 1. The molecule has 200 valence electrons. The van der Waals surface area contributed by atoms with E-state index in [1.807, 2.05) is 43.3 Å². The SMILES string of the molecule is CC1CC(NC(=O)CSc2nc3ccc(N4CCOCC4)cc3c(=O)n2Cc2ccc3c(c2)OCO3)NN1. The zero-order valence-corrected chi connectivity index (χ0v) is 21.9. The van der Waals surface area contributed by atoms with Crippen molar-refractivity contribution in [1.82, 2.24) is 25.7 Å². The maximum Gasteiger partial charge on any atom is 0.262 e. The van der Waals surface area contributed by atoms with Crippen molar-refractivity contribution < 1.29 is 19.0 Å². The Morgan fingerprint density at radius 2 is 1.97 bits per heavy atom. The quantitative estimate of drug-likeness (QED) is 0.301. The Hall–Kier alpha value is -3.32. The second kappa shape index (κ2) is 10.8. The number of fused-ring (bicyclic) bond motifs is 2. The molecule has 6 rings (SSSR count). The van der Waals surface area contributed by atoms with Gasteiger partial charge in [0.15, 0.2) is 16.7 Å². The topological polar surface area (TPSA) is 119 Å². The predicted octanol–water partition coefficient (Wildman–Crippen LogP) is 1.43. The molecule has 0 spiro atoms. The Balaban J connectivity index is 1.31. The summed E-state index contributed by atoms with van der Waals surface area (Å²) in [7, 11) is 0. The first-order valence-corrected chi connectivity index (χ1v) is 13.7. The largest absolute Gasteiger partial charge is 0.454 e. The minimum Gasteiger partial charge on any atom is -0.454 e. The summed E-state index contributed by atoms with van der Waals surface area (Å²) >= 11 is 1.25. The minimum atomic E-state index is -0.152. The van der Waals surface area contributed by atoms with E-state index in [0.29, 0.717) is 40.8 Å². The number of hydrazine groups is 1. The third kappa shape index (κ3) is 5.30. The summed E-state index contributed by atoms with van der Waals surface area (Å²) in [4.78, 5) is 33.6. The van der Waals surface area contributed by atoms with E-state index >= 15 is 0 Å². The molecule has 0 saturated carbocycles. The first-order chi connectivity index (χ1) is 18.5. The van der Waals surface area contributed by atoms with E-state index < -0.39 is 0 Å². The van der Waals surface area contributed by atoms with Crippen molar-refractivity contribution in [3.8, 4) is 11.5 Å². The molecule has 3 aliphatic heterocycles. The summed E-state index contributed by atoms with van der Waals surface area (Å²) in [6, 6.07) is 11.7. The number of carbonyl (C=O) groups excluding carboxylic acids is 1. The molecule has 1 aromatic heterocycles. The molecule has 2 atom stereocenters. The minimum absolute atomic E-state index is 0.128.